The summed E-state index contributed by atoms with van der Waals surface area (Å²) in [5.41, 5.74) is 2.08. The lowest BCUT2D eigenvalue weighted by atomic mass is 10.1. The van der Waals surface area contributed by atoms with Gasteiger partial charge in [0.1, 0.15) is 0 Å². The average Bonchev–Trinajstić information content (AvgIpc) is 2.95. The number of benzene rings is 1. The fraction of sp³-hybridized carbons (Fsp3) is 0.133. The number of aliphatic hydroxyl groups excluding tert-OH is 1. The zero-order chi connectivity index (χ0) is 13.5. The van der Waals surface area contributed by atoms with Crippen LogP contribution in [0.1, 0.15) is 22.3 Å². The van der Waals surface area contributed by atoms with Gasteiger partial charge >= 0.3 is 0 Å². The second-order valence-corrected chi connectivity index (χ2v) is 4.57. The molecule has 2 rings (SSSR count). The molecule has 4 heteroatoms. The number of rotatable bonds is 3. The van der Waals surface area contributed by atoms with E-state index in [0.29, 0.717) is 17.7 Å². The topological polar surface area (TPSA) is 49.3 Å². The first-order valence-electron chi connectivity index (χ1n) is 5.83. The maximum atomic E-state index is 12.0. The maximum absolute atomic E-state index is 12.0. The van der Waals surface area contributed by atoms with Gasteiger partial charge in [-0.25, -0.2) is 0 Å². The molecule has 0 saturated carbocycles. The standard InChI is InChI=1S/C15H13NO2S/c17-9-4-3-6-12-5-1-2-7-14(12)16-15(18)13-8-10-19-11-13/h1-2,5,7-8,10-11,17H,4,9H2,(H,16,18). The number of hydrogen-bond acceptors (Lipinski definition) is 3. The van der Waals surface area contributed by atoms with Gasteiger partial charge < -0.3 is 10.4 Å². The van der Waals surface area contributed by atoms with Gasteiger partial charge in [-0.05, 0) is 23.6 Å². The highest BCUT2D eigenvalue weighted by Crippen LogP contribution is 2.16. The van der Waals surface area contributed by atoms with Crippen LogP contribution in [0.3, 0.4) is 0 Å². The molecule has 1 aromatic heterocycles. The third kappa shape index (κ3) is 3.68. The Bertz CT molecular complexity index is 609. The Kier molecular flexibility index (Phi) is 4.73. The zero-order valence-electron chi connectivity index (χ0n) is 10.2. The molecule has 1 heterocycles. The van der Waals surface area contributed by atoms with E-state index < -0.39 is 0 Å². The molecular formula is C15H13NO2S. The second kappa shape index (κ2) is 6.74. The summed E-state index contributed by atoms with van der Waals surface area (Å²) in [6, 6.07) is 9.14. The molecule has 0 bridgehead atoms. The highest BCUT2D eigenvalue weighted by Gasteiger charge is 2.07. The van der Waals surface area contributed by atoms with E-state index in [9.17, 15) is 4.79 Å². The molecule has 0 radical (unpaired) electrons. The number of amides is 1. The highest BCUT2D eigenvalue weighted by atomic mass is 32.1. The van der Waals surface area contributed by atoms with Crippen molar-refractivity contribution in [2.45, 2.75) is 6.42 Å². The summed E-state index contributed by atoms with van der Waals surface area (Å²) in [7, 11) is 0. The molecular weight excluding hydrogens is 258 g/mol. The number of carbonyl (C=O) groups excluding carboxylic acids is 1. The van der Waals surface area contributed by atoms with E-state index in [2.05, 4.69) is 17.2 Å². The van der Waals surface area contributed by atoms with E-state index in [1.165, 1.54) is 11.3 Å². The molecule has 1 amide bonds. The molecule has 0 saturated heterocycles. The van der Waals surface area contributed by atoms with E-state index in [1.807, 2.05) is 29.6 Å². The quantitative estimate of drug-likeness (QED) is 0.843. The minimum absolute atomic E-state index is 0.0381. The van der Waals surface area contributed by atoms with Crippen LogP contribution in [0.15, 0.2) is 41.1 Å². The summed E-state index contributed by atoms with van der Waals surface area (Å²) in [5.74, 6) is 5.65. The number of thiophene rings is 1. The van der Waals surface area contributed by atoms with Crippen LogP contribution < -0.4 is 5.32 Å². The Balaban J connectivity index is 2.17. The molecule has 2 N–H and O–H groups in total. The molecule has 3 nitrogen and oxygen atoms in total. The summed E-state index contributed by atoms with van der Waals surface area (Å²) in [6.45, 7) is 0.0381. The Morgan fingerprint density at radius 3 is 2.89 bits per heavy atom. The van der Waals surface area contributed by atoms with Crippen LogP contribution in [-0.2, 0) is 0 Å². The van der Waals surface area contributed by atoms with Crippen molar-refractivity contribution in [2.24, 2.45) is 0 Å². The normalized spacial score (nSPS) is 9.53. The largest absolute Gasteiger partial charge is 0.395 e. The Morgan fingerprint density at radius 1 is 1.32 bits per heavy atom. The number of nitrogens with one attached hydrogen (secondary N) is 1. The molecule has 0 aliphatic heterocycles. The second-order valence-electron chi connectivity index (χ2n) is 3.79. The SMILES string of the molecule is O=C(Nc1ccccc1C#CCCO)c1ccsc1. The summed E-state index contributed by atoms with van der Waals surface area (Å²) in [6.07, 6.45) is 0.423. The van der Waals surface area contributed by atoms with Crippen molar-refractivity contribution in [1.82, 2.24) is 0 Å². The first-order chi connectivity index (χ1) is 9.31. The molecule has 0 fully saturated rings. The van der Waals surface area contributed by atoms with Gasteiger partial charge in [-0.3, -0.25) is 4.79 Å². The van der Waals surface area contributed by atoms with Gasteiger partial charge in [0.05, 0.1) is 17.9 Å². The first kappa shape index (κ1) is 13.3. The predicted molar refractivity (Wildman–Crippen MR) is 77.3 cm³/mol. The third-order valence-electron chi connectivity index (χ3n) is 2.42. The monoisotopic (exact) mass is 271 g/mol. The fourth-order valence-electron chi connectivity index (χ4n) is 1.50. The predicted octanol–water partition coefficient (Wildman–Crippen LogP) is 2.73. The van der Waals surface area contributed by atoms with Gasteiger partial charge in [0.25, 0.3) is 5.91 Å². The van der Waals surface area contributed by atoms with Crippen LogP contribution >= 0.6 is 11.3 Å². The smallest absolute Gasteiger partial charge is 0.256 e. The summed E-state index contributed by atoms with van der Waals surface area (Å²) in [4.78, 5) is 12.0. The first-order valence-corrected chi connectivity index (χ1v) is 6.78. The summed E-state index contributed by atoms with van der Waals surface area (Å²) >= 11 is 1.48. The van der Waals surface area contributed by atoms with Gasteiger partial charge in [0.2, 0.25) is 0 Å². The van der Waals surface area contributed by atoms with E-state index in [4.69, 9.17) is 5.11 Å². The van der Waals surface area contributed by atoms with Crippen molar-refractivity contribution >= 4 is 22.9 Å². The molecule has 1 aromatic carbocycles. The van der Waals surface area contributed by atoms with Crippen molar-refractivity contribution in [3.05, 3.63) is 52.2 Å². The van der Waals surface area contributed by atoms with Crippen LogP contribution in [0.5, 0.6) is 0 Å². The van der Waals surface area contributed by atoms with Gasteiger partial charge in [-0.15, -0.1) is 0 Å². The van der Waals surface area contributed by atoms with Crippen molar-refractivity contribution < 1.29 is 9.90 Å². The molecule has 0 aliphatic carbocycles. The van der Waals surface area contributed by atoms with Gasteiger partial charge in [0.15, 0.2) is 0 Å². The van der Waals surface area contributed by atoms with Crippen LogP contribution in [0.4, 0.5) is 5.69 Å². The Labute approximate surface area is 115 Å². The van der Waals surface area contributed by atoms with E-state index in [1.54, 1.807) is 11.4 Å². The van der Waals surface area contributed by atoms with E-state index >= 15 is 0 Å². The van der Waals surface area contributed by atoms with Crippen LogP contribution in [-0.4, -0.2) is 17.6 Å². The van der Waals surface area contributed by atoms with Gasteiger partial charge in [0, 0.05) is 17.4 Å². The molecule has 0 atom stereocenters. The number of hydrogen-bond donors (Lipinski definition) is 2. The summed E-state index contributed by atoms with van der Waals surface area (Å²) < 4.78 is 0. The Hall–Kier alpha value is -2.09. The highest BCUT2D eigenvalue weighted by molar-refractivity contribution is 7.08. The number of anilines is 1. The Morgan fingerprint density at radius 2 is 2.16 bits per heavy atom. The van der Waals surface area contributed by atoms with Crippen molar-refractivity contribution in [3.8, 4) is 11.8 Å². The van der Waals surface area contributed by atoms with Crippen molar-refractivity contribution in [1.29, 1.82) is 0 Å². The van der Waals surface area contributed by atoms with E-state index in [-0.39, 0.29) is 12.5 Å². The lowest BCUT2D eigenvalue weighted by Gasteiger charge is -2.06. The third-order valence-corrected chi connectivity index (χ3v) is 3.10. The molecule has 0 aliphatic rings. The molecule has 96 valence electrons. The lowest BCUT2D eigenvalue weighted by molar-refractivity contribution is 0.102. The molecule has 0 unspecified atom stereocenters. The zero-order valence-corrected chi connectivity index (χ0v) is 11.0. The number of aliphatic hydroxyl groups is 1. The minimum atomic E-state index is -0.141. The van der Waals surface area contributed by atoms with Gasteiger partial charge in [-0.1, -0.05) is 24.0 Å². The number of para-hydroxylation sites is 1. The van der Waals surface area contributed by atoms with Crippen LogP contribution in [0.25, 0.3) is 0 Å². The van der Waals surface area contributed by atoms with Gasteiger partial charge in [-0.2, -0.15) is 11.3 Å². The van der Waals surface area contributed by atoms with Crippen LogP contribution in [0.2, 0.25) is 0 Å². The maximum Gasteiger partial charge on any atom is 0.256 e. The van der Waals surface area contributed by atoms with Crippen molar-refractivity contribution in [2.75, 3.05) is 11.9 Å². The van der Waals surface area contributed by atoms with Crippen LogP contribution in [0, 0.1) is 11.8 Å². The van der Waals surface area contributed by atoms with E-state index in [0.717, 1.165) is 5.56 Å². The minimum Gasteiger partial charge on any atom is -0.395 e. The van der Waals surface area contributed by atoms with Crippen molar-refractivity contribution in [3.63, 3.8) is 0 Å². The fourth-order valence-corrected chi connectivity index (χ4v) is 2.14. The molecule has 2 aromatic rings. The summed E-state index contributed by atoms with van der Waals surface area (Å²) in [5, 5.41) is 15.2. The lowest BCUT2D eigenvalue weighted by Crippen LogP contribution is -2.11. The molecule has 19 heavy (non-hydrogen) atoms. The number of carbonyl (C=O) groups is 1. The molecule has 0 spiro atoms. The average molecular weight is 271 g/mol.